The maximum absolute atomic E-state index is 2.51. The van der Waals surface area contributed by atoms with Crippen molar-refractivity contribution in [2.24, 2.45) is 0 Å². The highest BCUT2D eigenvalue weighted by molar-refractivity contribution is 7.75. The fourth-order valence-corrected chi connectivity index (χ4v) is 9.27. The van der Waals surface area contributed by atoms with Gasteiger partial charge in [0.2, 0.25) is 0 Å². The summed E-state index contributed by atoms with van der Waals surface area (Å²) in [4.78, 5) is 0. The predicted molar refractivity (Wildman–Crippen MR) is 160 cm³/mol. The van der Waals surface area contributed by atoms with Crippen molar-refractivity contribution in [3.8, 4) is 0 Å². The summed E-state index contributed by atoms with van der Waals surface area (Å²) in [6.45, 7) is 9.65. The number of hydrogen-bond donors (Lipinski definition) is 0. The molecular formula is C32H68P+. The lowest BCUT2D eigenvalue weighted by atomic mass is 10.1. The molecule has 200 valence electrons. The van der Waals surface area contributed by atoms with Gasteiger partial charge in [0.25, 0.3) is 0 Å². The minimum absolute atomic E-state index is 0.618. The second-order valence-electron chi connectivity index (χ2n) is 11.2. The summed E-state index contributed by atoms with van der Waals surface area (Å²) in [5.74, 6) is 0. The maximum Gasteiger partial charge on any atom is 0.0594 e. The lowest BCUT2D eigenvalue weighted by molar-refractivity contribution is 0.547. The first-order valence-corrected chi connectivity index (χ1v) is 18.6. The van der Waals surface area contributed by atoms with Gasteiger partial charge in [0.1, 0.15) is 0 Å². The average molecular weight is 484 g/mol. The van der Waals surface area contributed by atoms with Crippen molar-refractivity contribution >= 4 is 7.26 Å². The van der Waals surface area contributed by atoms with Crippen LogP contribution in [0.25, 0.3) is 0 Å². The molecule has 0 radical (unpaired) electrons. The Morgan fingerprint density at radius 1 is 0.273 bits per heavy atom. The van der Waals surface area contributed by atoms with Crippen molar-refractivity contribution in [3.63, 3.8) is 0 Å². The molecule has 0 saturated carbocycles. The number of rotatable bonds is 28. The van der Waals surface area contributed by atoms with Crippen molar-refractivity contribution in [2.45, 2.75) is 182 Å². The third kappa shape index (κ3) is 22.6. The van der Waals surface area contributed by atoms with Crippen LogP contribution in [0.1, 0.15) is 182 Å². The van der Waals surface area contributed by atoms with Gasteiger partial charge in [0, 0.05) is 7.26 Å². The van der Waals surface area contributed by atoms with Crippen LogP contribution in [0.15, 0.2) is 0 Å². The Kier molecular flexibility index (Phi) is 27.4. The first kappa shape index (κ1) is 33.4. The standard InChI is InChI=1S/C32H68P/c1-5-9-11-13-15-17-19-21-23-25-27-29-31-33(7-3,8-4)32-30-28-26-24-22-20-18-16-14-12-10-6-2/h5-32H2,1-4H3/q+1. The van der Waals surface area contributed by atoms with Crippen molar-refractivity contribution < 1.29 is 0 Å². The van der Waals surface area contributed by atoms with E-state index in [0.717, 1.165) is 0 Å². The lowest BCUT2D eigenvalue weighted by Gasteiger charge is -2.25. The largest absolute Gasteiger partial charge is 0.0654 e. The van der Waals surface area contributed by atoms with Crippen LogP contribution in [-0.2, 0) is 0 Å². The van der Waals surface area contributed by atoms with E-state index in [1.165, 1.54) is 166 Å². The van der Waals surface area contributed by atoms with E-state index in [0.29, 0.717) is 0 Å². The highest BCUT2D eigenvalue weighted by atomic mass is 31.2. The van der Waals surface area contributed by atoms with Gasteiger partial charge < -0.3 is 0 Å². The van der Waals surface area contributed by atoms with E-state index in [1.807, 2.05) is 0 Å². The Balaban J connectivity index is 3.58. The Hall–Kier alpha value is 0.430. The van der Waals surface area contributed by atoms with Crippen LogP contribution in [0.3, 0.4) is 0 Å². The molecule has 0 unspecified atom stereocenters. The molecule has 0 heterocycles. The van der Waals surface area contributed by atoms with Gasteiger partial charge in [-0.25, -0.2) is 0 Å². The van der Waals surface area contributed by atoms with Crippen molar-refractivity contribution in [2.75, 3.05) is 24.6 Å². The average Bonchev–Trinajstić information content (AvgIpc) is 2.84. The van der Waals surface area contributed by atoms with E-state index >= 15 is 0 Å². The zero-order valence-corrected chi connectivity index (χ0v) is 25.1. The molecule has 0 spiro atoms. The van der Waals surface area contributed by atoms with Gasteiger partial charge in [-0.05, 0) is 39.5 Å². The van der Waals surface area contributed by atoms with Crippen LogP contribution in [0, 0.1) is 0 Å². The molecule has 0 aliphatic heterocycles. The van der Waals surface area contributed by atoms with Crippen LogP contribution in [0.5, 0.6) is 0 Å². The quantitative estimate of drug-likeness (QED) is 0.0766. The molecule has 0 N–H and O–H groups in total. The Morgan fingerprint density at radius 3 is 0.697 bits per heavy atom. The maximum atomic E-state index is 2.51. The molecule has 0 amide bonds. The SMILES string of the molecule is CCCCCCCCCCCCCC[P+](CC)(CC)CCCCCCCCCCCCCC. The van der Waals surface area contributed by atoms with Crippen LogP contribution in [0.4, 0.5) is 0 Å². The molecule has 0 saturated heterocycles. The van der Waals surface area contributed by atoms with Gasteiger partial charge in [0.05, 0.1) is 24.6 Å². The smallest absolute Gasteiger partial charge is 0.0594 e. The fourth-order valence-electron chi connectivity index (χ4n) is 5.54. The molecule has 0 nitrogen and oxygen atoms in total. The molecule has 0 rings (SSSR count). The van der Waals surface area contributed by atoms with Gasteiger partial charge in [-0.1, -0.05) is 142 Å². The van der Waals surface area contributed by atoms with E-state index in [-0.39, 0.29) is 0 Å². The lowest BCUT2D eigenvalue weighted by Crippen LogP contribution is -2.09. The molecule has 0 fully saturated rings. The summed E-state index contributed by atoms with van der Waals surface area (Å²) in [5, 5.41) is 0. The van der Waals surface area contributed by atoms with Crippen molar-refractivity contribution in [3.05, 3.63) is 0 Å². The summed E-state index contributed by atoms with van der Waals surface area (Å²) in [6, 6.07) is 0. The minimum Gasteiger partial charge on any atom is -0.0654 e. The van der Waals surface area contributed by atoms with Gasteiger partial charge in [-0.2, -0.15) is 0 Å². The highest BCUT2D eigenvalue weighted by Gasteiger charge is 2.31. The van der Waals surface area contributed by atoms with Crippen molar-refractivity contribution in [1.29, 1.82) is 0 Å². The van der Waals surface area contributed by atoms with E-state index in [2.05, 4.69) is 27.7 Å². The van der Waals surface area contributed by atoms with Crippen LogP contribution in [-0.4, -0.2) is 24.6 Å². The molecule has 0 bridgehead atoms. The Morgan fingerprint density at radius 2 is 0.485 bits per heavy atom. The molecule has 0 aromatic heterocycles. The van der Waals surface area contributed by atoms with Gasteiger partial charge in [-0.15, -0.1) is 0 Å². The molecule has 1 heteroatoms. The number of unbranched alkanes of at least 4 members (excludes halogenated alkanes) is 22. The Bertz CT molecular complexity index is 316. The summed E-state index contributed by atoms with van der Waals surface area (Å²) in [6.07, 6.45) is 41.8. The summed E-state index contributed by atoms with van der Waals surface area (Å²) < 4.78 is 0. The van der Waals surface area contributed by atoms with Gasteiger partial charge in [0.15, 0.2) is 0 Å². The van der Waals surface area contributed by atoms with E-state index in [1.54, 1.807) is 12.3 Å². The van der Waals surface area contributed by atoms with Gasteiger partial charge in [-0.3, -0.25) is 0 Å². The van der Waals surface area contributed by atoms with E-state index < -0.39 is 7.26 Å². The first-order chi connectivity index (χ1) is 16.2. The third-order valence-corrected chi connectivity index (χ3v) is 13.5. The normalized spacial score (nSPS) is 12.0. The van der Waals surface area contributed by atoms with E-state index in [9.17, 15) is 0 Å². The van der Waals surface area contributed by atoms with Crippen LogP contribution >= 0.6 is 7.26 Å². The predicted octanol–water partition coefficient (Wildman–Crippen LogP) is 12.4. The summed E-state index contributed by atoms with van der Waals surface area (Å²) in [7, 11) is -0.618. The summed E-state index contributed by atoms with van der Waals surface area (Å²) >= 11 is 0. The van der Waals surface area contributed by atoms with Crippen molar-refractivity contribution in [1.82, 2.24) is 0 Å². The molecular weight excluding hydrogens is 415 g/mol. The number of hydrogen-bond acceptors (Lipinski definition) is 0. The molecule has 0 aromatic carbocycles. The monoisotopic (exact) mass is 484 g/mol. The molecule has 33 heavy (non-hydrogen) atoms. The molecule has 0 aromatic rings. The van der Waals surface area contributed by atoms with Crippen LogP contribution < -0.4 is 0 Å². The minimum atomic E-state index is -0.618. The van der Waals surface area contributed by atoms with E-state index in [4.69, 9.17) is 0 Å². The molecule has 0 atom stereocenters. The Labute approximate surface area is 213 Å². The topological polar surface area (TPSA) is 0 Å². The molecule has 0 aliphatic rings. The zero-order valence-electron chi connectivity index (χ0n) is 24.2. The highest BCUT2D eigenvalue weighted by Crippen LogP contribution is 2.59. The second kappa shape index (κ2) is 27.0. The fraction of sp³-hybridized carbons (Fsp3) is 1.00. The zero-order chi connectivity index (χ0) is 24.3. The third-order valence-electron chi connectivity index (χ3n) is 8.31. The van der Waals surface area contributed by atoms with Crippen LogP contribution in [0.2, 0.25) is 0 Å². The molecule has 0 aliphatic carbocycles. The first-order valence-electron chi connectivity index (χ1n) is 16.1. The second-order valence-corrected chi connectivity index (χ2v) is 16.0. The van der Waals surface area contributed by atoms with Gasteiger partial charge >= 0.3 is 0 Å². The summed E-state index contributed by atoms with van der Waals surface area (Å²) in [5.41, 5.74) is 0.